The molecule has 0 aliphatic carbocycles. The predicted octanol–water partition coefficient (Wildman–Crippen LogP) is 2.46. The van der Waals surface area contributed by atoms with Crippen molar-refractivity contribution in [2.45, 2.75) is 37.6 Å². The minimum absolute atomic E-state index is 0.0523. The Bertz CT molecular complexity index is 730. The van der Waals surface area contributed by atoms with Crippen molar-refractivity contribution in [2.24, 2.45) is 0 Å². The van der Waals surface area contributed by atoms with Gasteiger partial charge in [0, 0.05) is 44.3 Å². The SMILES string of the molecule is O=C(c1cccnc1)N1CCC2(CC1)C[C@H](OCc1ccncc1)CO2. The summed E-state index contributed by atoms with van der Waals surface area (Å²) in [5, 5.41) is 0. The Morgan fingerprint density at radius 3 is 2.73 bits per heavy atom. The standard InChI is InChI=1S/C20H23N3O3/c24-19(17-2-1-7-22-13-17)23-10-5-20(6-11-23)12-18(15-26-20)25-14-16-3-8-21-9-4-16/h1-4,7-9,13,18H,5-6,10-12,14-15H2/t18-/m0/s1. The molecule has 0 N–H and O–H groups in total. The topological polar surface area (TPSA) is 64.6 Å². The van der Waals surface area contributed by atoms with Crippen molar-refractivity contribution < 1.29 is 14.3 Å². The monoisotopic (exact) mass is 353 g/mol. The molecule has 26 heavy (non-hydrogen) atoms. The Morgan fingerprint density at radius 1 is 1.19 bits per heavy atom. The Hall–Kier alpha value is -2.31. The molecule has 2 aromatic rings. The first kappa shape index (κ1) is 17.1. The van der Waals surface area contributed by atoms with Crippen molar-refractivity contribution in [3.63, 3.8) is 0 Å². The number of aromatic nitrogens is 2. The molecule has 6 nitrogen and oxygen atoms in total. The quantitative estimate of drug-likeness (QED) is 0.845. The maximum absolute atomic E-state index is 12.5. The van der Waals surface area contributed by atoms with E-state index < -0.39 is 0 Å². The van der Waals surface area contributed by atoms with E-state index in [0.717, 1.165) is 24.8 Å². The first-order chi connectivity index (χ1) is 12.7. The highest BCUT2D eigenvalue weighted by molar-refractivity contribution is 5.93. The summed E-state index contributed by atoms with van der Waals surface area (Å²) in [6.07, 6.45) is 9.58. The fraction of sp³-hybridized carbons (Fsp3) is 0.450. The second-order valence-corrected chi connectivity index (χ2v) is 7.02. The number of pyridine rings is 2. The Labute approximate surface area is 153 Å². The van der Waals surface area contributed by atoms with E-state index in [0.29, 0.717) is 31.9 Å². The second-order valence-electron chi connectivity index (χ2n) is 7.02. The molecular formula is C20H23N3O3. The molecular weight excluding hydrogens is 330 g/mol. The molecule has 2 aromatic heterocycles. The van der Waals surface area contributed by atoms with E-state index in [1.807, 2.05) is 23.1 Å². The average Bonchev–Trinajstić information content (AvgIpc) is 3.10. The number of carbonyl (C=O) groups excluding carboxylic acids is 1. The maximum Gasteiger partial charge on any atom is 0.255 e. The Kier molecular flexibility index (Phi) is 4.95. The third-order valence-corrected chi connectivity index (χ3v) is 5.28. The van der Waals surface area contributed by atoms with Crippen LogP contribution < -0.4 is 0 Å². The Balaban J connectivity index is 1.28. The third-order valence-electron chi connectivity index (χ3n) is 5.28. The van der Waals surface area contributed by atoms with Crippen molar-refractivity contribution in [2.75, 3.05) is 19.7 Å². The summed E-state index contributed by atoms with van der Waals surface area (Å²) in [6, 6.07) is 7.54. The molecule has 1 amide bonds. The van der Waals surface area contributed by atoms with Crippen LogP contribution >= 0.6 is 0 Å². The van der Waals surface area contributed by atoms with Crippen molar-refractivity contribution in [1.29, 1.82) is 0 Å². The van der Waals surface area contributed by atoms with Crippen molar-refractivity contribution in [3.05, 3.63) is 60.2 Å². The van der Waals surface area contributed by atoms with Crippen molar-refractivity contribution in [1.82, 2.24) is 14.9 Å². The van der Waals surface area contributed by atoms with E-state index in [4.69, 9.17) is 9.47 Å². The maximum atomic E-state index is 12.5. The molecule has 0 bridgehead atoms. The number of nitrogens with zero attached hydrogens (tertiary/aromatic N) is 3. The predicted molar refractivity (Wildman–Crippen MR) is 95.5 cm³/mol. The number of piperidine rings is 1. The van der Waals surface area contributed by atoms with Gasteiger partial charge >= 0.3 is 0 Å². The van der Waals surface area contributed by atoms with E-state index in [2.05, 4.69) is 9.97 Å². The number of hydrogen-bond acceptors (Lipinski definition) is 5. The van der Waals surface area contributed by atoms with Gasteiger partial charge in [0.25, 0.3) is 5.91 Å². The van der Waals surface area contributed by atoms with Gasteiger partial charge in [-0.1, -0.05) is 0 Å². The zero-order chi connectivity index (χ0) is 17.8. The molecule has 1 atom stereocenters. The average molecular weight is 353 g/mol. The van der Waals surface area contributed by atoms with Crippen LogP contribution in [0.15, 0.2) is 49.1 Å². The Morgan fingerprint density at radius 2 is 2.00 bits per heavy atom. The molecule has 2 saturated heterocycles. The van der Waals surface area contributed by atoms with Gasteiger partial charge in [-0.25, -0.2) is 0 Å². The first-order valence-electron chi connectivity index (χ1n) is 9.08. The molecule has 0 aromatic carbocycles. The highest BCUT2D eigenvalue weighted by Gasteiger charge is 2.43. The van der Waals surface area contributed by atoms with E-state index in [-0.39, 0.29) is 17.6 Å². The van der Waals surface area contributed by atoms with Gasteiger partial charge in [-0.05, 0) is 42.7 Å². The number of hydrogen-bond donors (Lipinski definition) is 0. The minimum Gasteiger partial charge on any atom is -0.372 e. The second kappa shape index (κ2) is 7.51. The number of rotatable bonds is 4. The van der Waals surface area contributed by atoms with Crippen LogP contribution in [0.1, 0.15) is 35.2 Å². The van der Waals surface area contributed by atoms with Crippen LogP contribution in [-0.2, 0) is 16.1 Å². The van der Waals surface area contributed by atoms with Crippen molar-refractivity contribution in [3.8, 4) is 0 Å². The van der Waals surface area contributed by atoms with Gasteiger partial charge in [0.2, 0.25) is 0 Å². The van der Waals surface area contributed by atoms with Crippen molar-refractivity contribution >= 4 is 5.91 Å². The number of ether oxygens (including phenoxy) is 2. The van der Waals surface area contributed by atoms with Gasteiger partial charge in [0.05, 0.1) is 30.5 Å². The molecule has 1 spiro atoms. The van der Waals surface area contributed by atoms with E-state index in [1.165, 1.54) is 0 Å². The van der Waals surface area contributed by atoms with Gasteiger partial charge < -0.3 is 14.4 Å². The molecule has 0 radical (unpaired) electrons. The largest absolute Gasteiger partial charge is 0.372 e. The molecule has 6 heteroatoms. The zero-order valence-corrected chi connectivity index (χ0v) is 14.7. The molecule has 4 rings (SSSR count). The summed E-state index contributed by atoms with van der Waals surface area (Å²) in [7, 11) is 0. The number of likely N-dealkylation sites (tertiary alicyclic amines) is 1. The van der Waals surface area contributed by atoms with Gasteiger partial charge in [0.15, 0.2) is 0 Å². The molecule has 0 unspecified atom stereocenters. The lowest BCUT2D eigenvalue weighted by Gasteiger charge is -2.38. The summed E-state index contributed by atoms with van der Waals surface area (Å²) in [4.78, 5) is 22.5. The van der Waals surface area contributed by atoms with E-state index in [9.17, 15) is 4.79 Å². The lowest BCUT2D eigenvalue weighted by Crippen LogP contribution is -2.46. The normalized spacial score (nSPS) is 21.8. The third kappa shape index (κ3) is 3.76. The molecule has 2 aliphatic heterocycles. The summed E-state index contributed by atoms with van der Waals surface area (Å²) in [6.45, 7) is 2.63. The lowest BCUT2D eigenvalue weighted by molar-refractivity contribution is -0.0412. The van der Waals surface area contributed by atoms with Crippen LogP contribution in [-0.4, -0.2) is 52.2 Å². The molecule has 4 heterocycles. The number of carbonyl (C=O) groups is 1. The summed E-state index contributed by atoms with van der Waals surface area (Å²) in [5.41, 5.74) is 1.63. The van der Waals surface area contributed by atoms with Crippen LogP contribution in [0.5, 0.6) is 0 Å². The van der Waals surface area contributed by atoms with Crippen LogP contribution in [0.4, 0.5) is 0 Å². The first-order valence-corrected chi connectivity index (χ1v) is 9.08. The van der Waals surface area contributed by atoms with Gasteiger partial charge in [-0.2, -0.15) is 0 Å². The van der Waals surface area contributed by atoms with Crippen LogP contribution in [0.2, 0.25) is 0 Å². The molecule has 0 saturated carbocycles. The fourth-order valence-electron chi connectivity index (χ4n) is 3.74. The van der Waals surface area contributed by atoms with E-state index >= 15 is 0 Å². The number of amides is 1. The smallest absolute Gasteiger partial charge is 0.255 e. The zero-order valence-electron chi connectivity index (χ0n) is 14.7. The van der Waals surface area contributed by atoms with Crippen LogP contribution in [0.25, 0.3) is 0 Å². The summed E-state index contributed by atoms with van der Waals surface area (Å²) < 4.78 is 12.1. The van der Waals surface area contributed by atoms with Crippen LogP contribution in [0.3, 0.4) is 0 Å². The van der Waals surface area contributed by atoms with Crippen LogP contribution in [0, 0.1) is 0 Å². The summed E-state index contributed by atoms with van der Waals surface area (Å²) in [5.74, 6) is 0.0523. The molecule has 136 valence electrons. The highest BCUT2D eigenvalue weighted by Crippen LogP contribution is 2.37. The molecule has 2 fully saturated rings. The molecule has 2 aliphatic rings. The lowest BCUT2D eigenvalue weighted by atomic mass is 9.87. The van der Waals surface area contributed by atoms with E-state index in [1.54, 1.807) is 30.9 Å². The van der Waals surface area contributed by atoms with Gasteiger partial charge in [-0.15, -0.1) is 0 Å². The van der Waals surface area contributed by atoms with Gasteiger partial charge in [-0.3, -0.25) is 14.8 Å². The highest BCUT2D eigenvalue weighted by atomic mass is 16.6. The van der Waals surface area contributed by atoms with Gasteiger partial charge in [0.1, 0.15) is 0 Å². The fourth-order valence-corrected chi connectivity index (χ4v) is 3.74. The summed E-state index contributed by atoms with van der Waals surface area (Å²) >= 11 is 0. The minimum atomic E-state index is -0.144.